The zero-order valence-corrected chi connectivity index (χ0v) is 10.9. The molecule has 0 aromatic heterocycles. The summed E-state index contributed by atoms with van der Waals surface area (Å²) in [5, 5.41) is 9.32. The van der Waals surface area contributed by atoms with E-state index in [1.54, 1.807) is 0 Å². The molecule has 4 nitrogen and oxygen atoms in total. The number of aliphatic hydroxyl groups is 1. The van der Waals surface area contributed by atoms with Crippen LogP contribution in [0.15, 0.2) is 0 Å². The minimum atomic E-state index is -0.159. The van der Waals surface area contributed by atoms with Crippen LogP contribution in [0, 0.1) is 23.2 Å². The summed E-state index contributed by atoms with van der Waals surface area (Å²) in [5.41, 5.74) is -0.159. The van der Waals surface area contributed by atoms with Crippen LogP contribution in [0.5, 0.6) is 0 Å². The summed E-state index contributed by atoms with van der Waals surface area (Å²) in [6, 6.07) is 0. The Kier molecular flexibility index (Phi) is 2.73. The van der Waals surface area contributed by atoms with Crippen molar-refractivity contribution in [2.24, 2.45) is 23.2 Å². The molecule has 100 valence electrons. The lowest BCUT2D eigenvalue weighted by atomic mass is 10.00. The van der Waals surface area contributed by atoms with Gasteiger partial charge in [-0.2, -0.15) is 0 Å². The van der Waals surface area contributed by atoms with E-state index >= 15 is 0 Å². The van der Waals surface area contributed by atoms with Gasteiger partial charge in [-0.1, -0.05) is 13.3 Å². The molecule has 2 amide bonds. The Morgan fingerprint density at radius 2 is 1.78 bits per heavy atom. The molecule has 3 aliphatic rings. The number of amides is 2. The highest BCUT2D eigenvalue weighted by Crippen LogP contribution is 2.49. The van der Waals surface area contributed by atoms with E-state index < -0.39 is 0 Å². The number of fused-ring (bicyclic) bond motifs is 1. The average molecular weight is 251 g/mol. The fourth-order valence-corrected chi connectivity index (χ4v) is 3.57. The molecule has 2 atom stereocenters. The van der Waals surface area contributed by atoms with E-state index in [-0.39, 0.29) is 35.7 Å². The number of rotatable bonds is 4. The summed E-state index contributed by atoms with van der Waals surface area (Å²) in [6.07, 6.45) is 4.71. The van der Waals surface area contributed by atoms with Gasteiger partial charge in [0.15, 0.2) is 0 Å². The zero-order chi connectivity index (χ0) is 12.9. The average Bonchev–Trinajstić information content (AvgIpc) is 2.97. The van der Waals surface area contributed by atoms with Crippen molar-refractivity contribution in [1.82, 2.24) is 4.90 Å². The van der Waals surface area contributed by atoms with E-state index in [1.807, 2.05) is 0 Å². The van der Waals surface area contributed by atoms with Crippen molar-refractivity contribution in [2.75, 3.05) is 13.2 Å². The number of carbonyl (C=O) groups excluding carboxylic acids is 2. The Morgan fingerprint density at radius 1 is 1.22 bits per heavy atom. The molecule has 2 unspecified atom stereocenters. The van der Waals surface area contributed by atoms with E-state index in [4.69, 9.17) is 0 Å². The molecule has 1 aliphatic heterocycles. The highest BCUT2D eigenvalue weighted by atomic mass is 16.3. The first-order valence-corrected chi connectivity index (χ1v) is 7.06. The van der Waals surface area contributed by atoms with Crippen LogP contribution >= 0.6 is 0 Å². The summed E-state index contributed by atoms with van der Waals surface area (Å²) in [5.74, 6) is 0.484. The molecule has 2 saturated carbocycles. The lowest BCUT2D eigenvalue weighted by molar-refractivity contribution is -0.141. The Bertz CT molecular complexity index is 365. The highest BCUT2D eigenvalue weighted by molar-refractivity contribution is 6.05. The maximum Gasteiger partial charge on any atom is 0.233 e. The minimum absolute atomic E-state index is 0.0284. The maximum atomic E-state index is 12.3. The van der Waals surface area contributed by atoms with E-state index in [0.717, 1.165) is 32.1 Å². The predicted molar refractivity (Wildman–Crippen MR) is 65.5 cm³/mol. The second-order valence-corrected chi connectivity index (χ2v) is 6.38. The van der Waals surface area contributed by atoms with Gasteiger partial charge in [-0.3, -0.25) is 14.5 Å². The summed E-state index contributed by atoms with van der Waals surface area (Å²) in [4.78, 5) is 26.1. The van der Waals surface area contributed by atoms with Crippen molar-refractivity contribution in [3.63, 3.8) is 0 Å². The van der Waals surface area contributed by atoms with Gasteiger partial charge < -0.3 is 5.11 Å². The van der Waals surface area contributed by atoms with Gasteiger partial charge in [0.1, 0.15) is 0 Å². The van der Waals surface area contributed by atoms with Crippen molar-refractivity contribution in [3.8, 4) is 0 Å². The third kappa shape index (κ3) is 1.69. The summed E-state index contributed by atoms with van der Waals surface area (Å²) in [7, 11) is 0. The number of hydrogen-bond acceptors (Lipinski definition) is 3. The molecule has 0 radical (unpaired) electrons. The van der Waals surface area contributed by atoms with Crippen LogP contribution < -0.4 is 0 Å². The van der Waals surface area contributed by atoms with Gasteiger partial charge in [-0.05, 0) is 31.6 Å². The smallest absolute Gasteiger partial charge is 0.233 e. The Balaban J connectivity index is 1.72. The quantitative estimate of drug-likeness (QED) is 0.763. The summed E-state index contributed by atoms with van der Waals surface area (Å²) < 4.78 is 0. The SMILES string of the molecule is CCC1CC2C(=O)N(CC3(CO)CC3)C(=O)C2C1. The molecule has 1 heterocycles. The molecule has 1 saturated heterocycles. The molecule has 0 bridgehead atoms. The van der Waals surface area contributed by atoms with Crippen LogP contribution in [0.3, 0.4) is 0 Å². The number of imide groups is 1. The van der Waals surface area contributed by atoms with E-state index in [0.29, 0.717) is 12.5 Å². The first kappa shape index (κ1) is 12.2. The molecule has 0 spiro atoms. The second-order valence-electron chi connectivity index (χ2n) is 6.38. The Morgan fingerprint density at radius 3 is 2.17 bits per heavy atom. The normalized spacial score (nSPS) is 37.2. The maximum absolute atomic E-state index is 12.3. The molecule has 3 rings (SSSR count). The van der Waals surface area contributed by atoms with Gasteiger partial charge in [-0.25, -0.2) is 0 Å². The third-order valence-electron chi connectivity index (χ3n) is 5.19. The van der Waals surface area contributed by atoms with Crippen LogP contribution in [0.25, 0.3) is 0 Å². The van der Waals surface area contributed by atoms with Gasteiger partial charge in [0, 0.05) is 12.0 Å². The zero-order valence-electron chi connectivity index (χ0n) is 10.9. The van der Waals surface area contributed by atoms with E-state index in [9.17, 15) is 14.7 Å². The molecule has 18 heavy (non-hydrogen) atoms. The summed E-state index contributed by atoms with van der Waals surface area (Å²) >= 11 is 0. The number of likely N-dealkylation sites (tertiary alicyclic amines) is 1. The second kappa shape index (κ2) is 4.05. The molecule has 1 N–H and O–H groups in total. The van der Waals surface area contributed by atoms with Gasteiger partial charge in [0.2, 0.25) is 11.8 Å². The lowest BCUT2D eigenvalue weighted by Crippen LogP contribution is -2.38. The van der Waals surface area contributed by atoms with Crippen molar-refractivity contribution < 1.29 is 14.7 Å². The predicted octanol–water partition coefficient (Wildman–Crippen LogP) is 1.18. The van der Waals surface area contributed by atoms with Gasteiger partial charge >= 0.3 is 0 Å². The van der Waals surface area contributed by atoms with Crippen molar-refractivity contribution in [1.29, 1.82) is 0 Å². The highest BCUT2D eigenvalue weighted by Gasteiger charge is 2.55. The van der Waals surface area contributed by atoms with Crippen molar-refractivity contribution in [3.05, 3.63) is 0 Å². The molecule has 2 aliphatic carbocycles. The molecule has 3 fully saturated rings. The topological polar surface area (TPSA) is 57.6 Å². The largest absolute Gasteiger partial charge is 0.396 e. The lowest BCUT2D eigenvalue weighted by Gasteiger charge is -2.22. The molecule has 0 aromatic rings. The van der Waals surface area contributed by atoms with Crippen molar-refractivity contribution in [2.45, 2.75) is 39.0 Å². The molecule has 4 heteroatoms. The minimum Gasteiger partial charge on any atom is -0.396 e. The van der Waals surface area contributed by atoms with Crippen LogP contribution in [0.4, 0.5) is 0 Å². The monoisotopic (exact) mass is 251 g/mol. The summed E-state index contributed by atoms with van der Waals surface area (Å²) in [6.45, 7) is 2.67. The number of hydrogen-bond donors (Lipinski definition) is 1. The van der Waals surface area contributed by atoms with E-state index in [2.05, 4.69) is 6.92 Å². The number of nitrogens with zero attached hydrogens (tertiary/aromatic N) is 1. The van der Waals surface area contributed by atoms with Crippen molar-refractivity contribution >= 4 is 11.8 Å². The van der Waals surface area contributed by atoms with Crippen LogP contribution in [0.1, 0.15) is 39.0 Å². The van der Waals surface area contributed by atoms with E-state index in [1.165, 1.54) is 4.90 Å². The standard InChI is InChI=1S/C14H21NO3/c1-2-9-5-10-11(6-9)13(18)15(12(10)17)7-14(8-16)3-4-14/h9-11,16H,2-8H2,1H3. The number of carbonyl (C=O) groups is 2. The van der Waals surface area contributed by atoms with Crippen LogP contribution in [-0.4, -0.2) is 35.0 Å². The van der Waals surface area contributed by atoms with Crippen LogP contribution in [0.2, 0.25) is 0 Å². The molecular weight excluding hydrogens is 230 g/mol. The fourth-order valence-electron chi connectivity index (χ4n) is 3.57. The third-order valence-corrected chi connectivity index (χ3v) is 5.19. The molecule has 0 aromatic carbocycles. The first-order valence-electron chi connectivity index (χ1n) is 7.06. The first-order chi connectivity index (χ1) is 8.60. The fraction of sp³-hybridized carbons (Fsp3) is 0.857. The Labute approximate surface area is 107 Å². The van der Waals surface area contributed by atoms with Crippen LogP contribution in [-0.2, 0) is 9.59 Å². The van der Waals surface area contributed by atoms with Gasteiger partial charge in [-0.15, -0.1) is 0 Å². The van der Waals surface area contributed by atoms with Gasteiger partial charge in [0.05, 0.1) is 18.4 Å². The molecular formula is C14H21NO3. The number of aliphatic hydroxyl groups excluding tert-OH is 1. The Hall–Kier alpha value is -0.900. The van der Waals surface area contributed by atoms with Gasteiger partial charge in [0.25, 0.3) is 0 Å².